The van der Waals surface area contributed by atoms with Crippen LogP contribution in [-0.2, 0) is 6.42 Å². The summed E-state index contributed by atoms with van der Waals surface area (Å²) in [5.41, 5.74) is 6.95. The molecule has 2 aromatic rings. The molecule has 2 rings (SSSR count). The minimum absolute atomic E-state index is 1.09. The molecular weight excluding hydrogens is 192 g/mol. The molecule has 0 unspecified atom stereocenters. The van der Waals surface area contributed by atoms with Gasteiger partial charge in [0.2, 0.25) is 0 Å². The van der Waals surface area contributed by atoms with E-state index in [-0.39, 0.29) is 0 Å². The quantitative estimate of drug-likeness (QED) is 0.683. The lowest BCUT2D eigenvalue weighted by Crippen LogP contribution is -1.93. The SMILES string of the molecule is CCc1cccc(C)c1-c1ccccc1C. The summed E-state index contributed by atoms with van der Waals surface area (Å²) in [7, 11) is 0. The Kier molecular flexibility index (Phi) is 3.09. The van der Waals surface area contributed by atoms with Gasteiger partial charge in [-0.05, 0) is 48.1 Å². The lowest BCUT2D eigenvalue weighted by Gasteiger charge is -2.13. The topological polar surface area (TPSA) is 0 Å². The Bertz CT molecular complexity index is 495. The van der Waals surface area contributed by atoms with E-state index in [2.05, 4.69) is 63.2 Å². The fourth-order valence-corrected chi connectivity index (χ4v) is 2.26. The maximum absolute atomic E-state index is 2.23. The monoisotopic (exact) mass is 210 g/mol. The van der Waals surface area contributed by atoms with E-state index < -0.39 is 0 Å². The van der Waals surface area contributed by atoms with E-state index in [1.807, 2.05) is 0 Å². The van der Waals surface area contributed by atoms with Crippen molar-refractivity contribution in [1.82, 2.24) is 0 Å². The predicted molar refractivity (Wildman–Crippen MR) is 70.7 cm³/mol. The Hall–Kier alpha value is -1.56. The van der Waals surface area contributed by atoms with Crippen LogP contribution in [0.1, 0.15) is 23.6 Å². The van der Waals surface area contributed by atoms with Crippen LogP contribution in [-0.4, -0.2) is 0 Å². The van der Waals surface area contributed by atoms with Crippen LogP contribution in [0.3, 0.4) is 0 Å². The maximum atomic E-state index is 2.23. The molecule has 2 aromatic carbocycles. The van der Waals surface area contributed by atoms with Gasteiger partial charge in [0.1, 0.15) is 0 Å². The van der Waals surface area contributed by atoms with Crippen molar-refractivity contribution in [3.63, 3.8) is 0 Å². The summed E-state index contributed by atoms with van der Waals surface area (Å²) >= 11 is 0. The van der Waals surface area contributed by atoms with Crippen LogP contribution in [0.4, 0.5) is 0 Å². The van der Waals surface area contributed by atoms with E-state index in [0.29, 0.717) is 0 Å². The molecule has 0 aliphatic heterocycles. The second-order valence-corrected chi connectivity index (χ2v) is 4.28. The summed E-state index contributed by atoms with van der Waals surface area (Å²) in [6.45, 7) is 6.60. The molecule has 82 valence electrons. The zero-order valence-electron chi connectivity index (χ0n) is 10.2. The molecule has 0 saturated heterocycles. The van der Waals surface area contributed by atoms with Crippen LogP contribution < -0.4 is 0 Å². The number of benzene rings is 2. The second kappa shape index (κ2) is 4.52. The van der Waals surface area contributed by atoms with Gasteiger partial charge in [0, 0.05) is 0 Å². The molecule has 0 aliphatic rings. The second-order valence-electron chi connectivity index (χ2n) is 4.28. The Balaban J connectivity index is 2.68. The molecule has 0 fully saturated rings. The highest BCUT2D eigenvalue weighted by Gasteiger charge is 2.08. The molecule has 0 aromatic heterocycles. The van der Waals surface area contributed by atoms with Gasteiger partial charge in [0.25, 0.3) is 0 Å². The third kappa shape index (κ3) is 1.88. The highest BCUT2D eigenvalue weighted by molar-refractivity contribution is 5.73. The molecule has 0 aliphatic carbocycles. The van der Waals surface area contributed by atoms with Gasteiger partial charge in [-0.2, -0.15) is 0 Å². The molecule has 0 N–H and O–H groups in total. The van der Waals surface area contributed by atoms with Crippen molar-refractivity contribution in [2.45, 2.75) is 27.2 Å². The highest BCUT2D eigenvalue weighted by atomic mass is 14.1. The summed E-state index contributed by atoms with van der Waals surface area (Å²) in [5, 5.41) is 0. The van der Waals surface area contributed by atoms with Crippen LogP contribution in [0.2, 0.25) is 0 Å². The lowest BCUT2D eigenvalue weighted by molar-refractivity contribution is 1.13. The molecule has 0 heterocycles. The van der Waals surface area contributed by atoms with Crippen molar-refractivity contribution in [1.29, 1.82) is 0 Å². The highest BCUT2D eigenvalue weighted by Crippen LogP contribution is 2.30. The van der Waals surface area contributed by atoms with Gasteiger partial charge >= 0.3 is 0 Å². The standard InChI is InChI=1S/C16H18/c1-4-14-10-7-9-13(3)16(14)15-11-6-5-8-12(15)2/h5-11H,4H2,1-3H3. The van der Waals surface area contributed by atoms with Crippen molar-refractivity contribution in [3.05, 3.63) is 59.2 Å². The Morgan fingerprint density at radius 2 is 1.50 bits per heavy atom. The molecule has 0 spiro atoms. The summed E-state index contributed by atoms with van der Waals surface area (Å²) in [4.78, 5) is 0. The summed E-state index contributed by atoms with van der Waals surface area (Å²) in [6.07, 6.45) is 1.09. The van der Waals surface area contributed by atoms with E-state index in [9.17, 15) is 0 Å². The van der Waals surface area contributed by atoms with Crippen molar-refractivity contribution < 1.29 is 0 Å². The van der Waals surface area contributed by atoms with Gasteiger partial charge in [-0.25, -0.2) is 0 Å². The molecule has 16 heavy (non-hydrogen) atoms. The van der Waals surface area contributed by atoms with Crippen molar-refractivity contribution in [3.8, 4) is 11.1 Å². The van der Waals surface area contributed by atoms with Crippen LogP contribution in [0, 0.1) is 13.8 Å². The van der Waals surface area contributed by atoms with Crippen molar-refractivity contribution >= 4 is 0 Å². The van der Waals surface area contributed by atoms with Crippen LogP contribution in [0.5, 0.6) is 0 Å². The van der Waals surface area contributed by atoms with Crippen LogP contribution in [0.25, 0.3) is 11.1 Å². The predicted octanol–water partition coefficient (Wildman–Crippen LogP) is 4.53. The summed E-state index contributed by atoms with van der Waals surface area (Å²) < 4.78 is 0. The number of aryl methyl sites for hydroxylation is 3. The first-order valence-electron chi connectivity index (χ1n) is 5.88. The van der Waals surface area contributed by atoms with Gasteiger partial charge in [-0.3, -0.25) is 0 Å². The van der Waals surface area contributed by atoms with Crippen molar-refractivity contribution in [2.75, 3.05) is 0 Å². The van der Waals surface area contributed by atoms with Crippen molar-refractivity contribution in [2.24, 2.45) is 0 Å². The fourth-order valence-electron chi connectivity index (χ4n) is 2.26. The molecule has 0 bridgehead atoms. The Morgan fingerprint density at radius 1 is 0.812 bits per heavy atom. The Labute approximate surface area is 97.9 Å². The van der Waals surface area contributed by atoms with Gasteiger partial charge in [-0.1, -0.05) is 49.4 Å². The zero-order chi connectivity index (χ0) is 11.5. The summed E-state index contributed by atoms with van der Waals surface area (Å²) in [6, 6.07) is 15.2. The largest absolute Gasteiger partial charge is 0.0620 e. The minimum Gasteiger partial charge on any atom is -0.0620 e. The molecule has 0 amide bonds. The van der Waals surface area contributed by atoms with E-state index in [0.717, 1.165) is 6.42 Å². The van der Waals surface area contributed by atoms with E-state index in [1.54, 1.807) is 0 Å². The number of rotatable bonds is 2. The fraction of sp³-hybridized carbons (Fsp3) is 0.250. The normalized spacial score (nSPS) is 10.4. The van der Waals surface area contributed by atoms with Gasteiger partial charge in [-0.15, -0.1) is 0 Å². The number of hydrogen-bond acceptors (Lipinski definition) is 0. The first-order valence-corrected chi connectivity index (χ1v) is 5.88. The van der Waals surface area contributed by atoms with E-state index >= 15 is 0 Å². The third-order valence-corrected chi connectivity index (χ3v) is 3.15. The van der Waals surface area contributed by atoms with Crippen LogP contribution in [0.15, 0.2) is 42.5 Å². The molecule has 0 heteroatoms. The average Bonchev–Trinajstić information content (AvgIpc) is 2.30. The maximum Gasteiger partial charge on any atom is -0.0120 e. The first-order chi connectivity index (χ1) is 7.74. The molecule has 0 atom stereocenters. The molecule has 0 nitrogen and oxygen atoms in total. The van der Waals surface area contributed by atoms with Gasteiger partial charge in [0.05, 0.1) is 0 Å². The molecule has 0 saturated carbocycles. The lowest BCUT2D eigenvalue weighted by atomic mass is 9.91. The van der Waals surface area contributed by atoms with Crippen LogP contribution >= 0.6 is 0 Å². The average molecular weight is 210 g/mol. The van der Waals surface area contributed by atoms with E-state index in [4.69, 9.17) is 0 Å². The molecular formula is C16H18. The Morgan fingerprint density at radius 3 is 2.19 bits per heavy atom. The zero-order valence-corrected chi connectivity index (χ0v) is 10.2. The smallest absolute Gasteiger partial charge is 0.0120 e. The van der Waals surface area contributed by atoms with Gasteiger partial charge < -0.3 is 0 Å². The summed E-state index contributed by atoms with van der Waals surface area (Å²) in [5.74, 6) is 0. The first kappa shape index (κ1) is 10.9. The molecule has 0 radical (unpaired) electrons. The van der Waals surface area contributed by atoms with Gasteiger partial charge in [0.15, 0.2) is 0 Å². The number of hydrogen-bond donors (Lipinski definition) is 0. The minimum atomic E-state index is 1.09. The third-order valence-electron chi connectivity index (χ3n) is 3.15. The van der Waals surface area contributed by atoms with E-state index in [1.165, 1.54) is 27.8 Å².